The van der Waals surface area contributed by atoms with Gasteiger partial charge in [0, 0.05) is 12.2 Å². The van der Waals surface area contributed by atoms with Crippen molar-refractivity contribution in [3.63, 3.8) is 0 Å². The Kier molecular flexibility index (Phi) is 5.17. The molecule has 0 bridgehead atoms. The lowest BCUT2D eigenvalue weighted by molar-refractivity contribution is 0.102. The minimum Gasteiger partial charge on any atom is -0.370 e. The highest BCUT2D eigenvalue weighted by Gasteiger charge is 2.13. The van der Waals surface area contributed by atoms with Crippen LogP contribution in [0.2, 0.25) is 5.02 Å². The van der Waals surface area contributed by atoms with E-state index in [0.29, 0.717) is 10.8 Å². The Morgan fingerprint density at radius 3 is 2.76 bits per heavy atom. The van der Waals surface area contributed by atoms with Gasteiger partial charge in [-0.1, -0.05) is 30.7 Å². The number of anilines is 2. The van der Waals surface area contributed by atoms with Crippen LogP contribution in [0.4, 0.5) is 11.5 Å². The Balaban J connectivity index is 2.21. The highest BCUT2D eigenvalue weighted by Crippen LogP contribution is 2.19. The second-order valence-corrected chi connectivity index (χ2v) is 4.97. The molecular weight excluding hydrogens is 286 g/mol. The van der Waals surface area contributed by atoms with Crippen molar-refractivity contribution >= 4 is 29.0 Å². The minimum atomic E-state index is -0.312. The maximum Gasteiger partial charge on any atom is 0.275 e. The van der Waals surface area contributed by atoms with Crippen LogP contribution in [0, 0.1) is 0 Å². The van der Waals surface area contributed by atoms with E-state index in [1.807, 2.05) is 31.2 Å². The summed E-state index contributed by atoms with van der Waals surface area (Å²) in [6.45, 7) is 4.76. The molecule has 0 aliphatic carbocycles. The number of nitrogens with zero attached hydrogens (tertiary/aromatic N) is 1. The first-order valence-corrected chi connectivity index (χ1v) is 7.32. The number of amides is 1. The molecule has 0 radical (unpaired) electrons. The van der Waals surface area contributed by atoms with Crippen LogP contribution in [0.1, 0.15) is 29.9 Å². The van der Waals surface area contributed by atoms with Crippen LogP contribution < -0.4 is 10.6 Å². The van der Waals surface area contributed by atoms with Gasteiger partial charge in [-0.2, -0.15) is 0 Å². The first-order chi connectivity index (χ1) is 10.1. The molecule has 2 N–H and O–H groups in total. The van der Waals surface area contributed by atoms with Gasteiger partial charge in [0.05, 0.1) is 5.02 Å². The van der Waals surface area contributed by atoms with E-state index in [2.05, 4.69) is 22.5 Å². The van der Waals surface area contributed by atoms with E-state index in [1.54, 1.807) is 12.1 Å². The predicted molar refractivity (Wildman–Crippen MR) is 87.2 cm³/mol. The van der Waals surface area contributed by atoms with Gasteiger partial charge >= 0.3 is 0 Å². The molecule has 1 aromatic carbocycles. The van der Waals surface area contributed by atoms with Gasteiger partial charge in [-0.3, -0.25) is 4.79 Å². The van der Waals surface area contributed by atoms with Crippen LogP contribution in [0.25, 0.3) is 0 Å². The summed E-state index contributed by atoms with van der Waals surface area (Å²) in [6.07, 6.45) is 0.915. The van der Waals surface area contributed by atoms with E-state index in [4.69, 9.17) is 11.6 Å². The van der Waals surface area contributed by atoms with Crippen LogP contribution in [-0.2, 0) is 6.42 Å². The van der Waals surface area contributed by atoms with E-state index >= 15 is 0 Å². The molecular formula is C16H18ClN3O. The fraction of sp³-hybridized carbons (Fsp3) is 0.250. The molecule has 1 heterocycles. The van der Waals surface area contributed by atoms with Gasteiger partial charge in [0.15, 0.2) is 0 Å². The molecule has 2 aromatic rings. The largest absolute Gasteiger partial charge is 0.370 e. The molecule has 2 rings (SSSR count). The van der Waals surface area contributed by atoms with Crippen molar-refractivity contribution in [2.45, 2.75) is 20.3 Å². The van der Waals surface area contributed by atoms with Crippen LogP contribution in [0.5, 0.6) is 0 Å². The highest BCUT2D eigenvalue weighted by atomic mass is 35.5. The topological polar surface area (TPSA) is 54.0 Å². The zero-order valence-electron chi connectivity index (χ0n) is 12.1. The third-order valence-electron chi connectivity index (χ3n) is 3.01. The lowest BCUT2D eigenvalue weighted by Crippen LogP contribution is -2.15. The number of benzene rings is 1. The Morgan fingerprint density at radius 1 is 1.24 bits per heavy atom. The monoisotopic (exact) mass is 303 g/mol. The van der Waals surface area contributed by atoms with Crippen molar-refractivity contribution in [3.8, 4) is 0 Å². The van der Waals surface area contributed by atoms with Gasteiger partial charge in [0.25, 0.3) is 5.91 Å². The number of aromatic nitrogens is 1. The first-order valence-electron chi connectivity index (χ1n) is 6.94. The molecule has 1 aromatic heterocycles. The average Bonchev–Trinajstić information content (AvgIpc) is 2.49. The van der Waals surface area contributed by atoms with Crippen LogP contribution in [0.15, 0.2) is 36.4 Å². The molecule has 0 spiro atoms. The van der Waals surface area contributed by atoms with Crippen molar-refractivity contribution in [1.82, 2.24) is 4.98 Å². The molecule has 0 fully saturated rings. The fourth-order valence-corrected chi connectivity index (χ4v) is 2.13. The van der Waals surface area contributed by atoms with E-state index in [1.165, 1.54) is 0 Å². The zero-order valence-corrected chi connectivity index (χ0v) is 12.9. The molecule has 110 valence electrons. The normalized spacial score (nSPS) is 10.2. The Hall–Kier alpha value is -2.07. The van der Waals surface area contributed by atoms with E-state index < -0.39 is 0 Å². The summed E-state index contributed by atoms with van der Waals surface area (Å²) in [7, 11) is 0. The molecule has 4 nitrogen and oxygen atoms in total. The maximum atomic E-state index is 12.3. The van der Waals surface area contributed by atoms with Crippen LogP contribution in [0.3, 0.4) is 0 Å². The molecule has 5 heteroatoms. The van der Waals surface area contributed by atoms with Gasteiger partial charge in [-0.15, -0.1) is 0 Å². The molecule has 0 saturated heterocycles. The lowest BCUT2D eigenvalue weighted by atomic mass is 10.1. The summed E-state index contributed by atoms with van der Waals surface area (Å²) >= 11 is 6.06. The van der Waals surface area contributed by atoms with E-state index in [0.717, 1.165) is 24.2 Å². The number of hydrogen-bond donors (Lipinski definition) is 2. The maximum absolute atomic E-state index is 12.3. The standard InChI is InChI=1S/C16H18ClN3O/c1-3-11-6-5-7-12(10-11)19-16(21)15-13(17)8-9-14(20-15)18-4-2/h5-10H,3-4H2,1-2H3,(H,18,20)(H,19,21). The average molecular weight is 304 g/mol. The fourth-order valence-electron chi connectivity index (χ4n) is 1.94. The molecule has 1 amide bonds. The summed E-state index contributed by atoms with van der Waals surface area (Å²) in [5.74, 6) is 0.322. The van der Waals surface area contributed by atoms with E-state index in [9.17, 15) is 4.79 Å². The van der Waals surface area contributed by atoms with Gasteiger partial charge in [0.1, 0.15) is 11.5 Å². The van der Waals surface area contributed by atoms with Crippen molar-refractivity contribution in [2.24, 2.45) is 0 Å². The van der Waals surface area contributed by atoms with Crippen LogP contribution >= 0.6 is 11.6 Å². The van der Waals surface area contributed by atoms with Crippen molar-refractivity contribution in [3.05, 3.63) is 52.7 Å². The second kappa shape index (κ2) is 7.09. The third-order valence-corrected chi connectivity index (χ3v) is 3.32. The third kappa shape index (κ3) is 3.95. The Labute approximate surface area is 129 Å². The lowest BCUT2D eigenvalue weighted by Gasteiger charge is -2.09. The van der Waals surface area contributed by atoms with Crippen molar-refractivity contribution in [2.75, 3.05) is 17.2 Å². The van der Waals surface area contributed by atoms with Gasteiger partial charge in [-0.05, 0) is 43.2 Å². The number of halogens is 1. The first kappa shape index (κ1) is 15.3. The van der Waals surface area contributed by atoms with Gasteiger partial charge in [-0.25, -0.2) is 4.98 Å². The molecule has 0 aliphatic heterocycles. The Bertz CT molecular complexity index is 643. The summed E-state index contributed by atoms with van der Waals surface area (Å²) in [5, 5.41) is 6.23. The number of nitrogens with one attached hydrogen (secondary N) is 2. The summed E-state index contributed by atoms with van der Waals surface area (Å²) in [5.41, 5.74) is 2.12. The second-order valence-electron chi connectivity index (χ2n) is 4.57. The molecule has 21 heavy (non-hydrogen) atoms. The number of aryl methyl sites for hydroxylation is 1. The predicted octanol–water partition coefficient (Wildman–Crippen LogP) is 3.98. The van der Waals surface area contributed by atoms with Crippen molar-refractivity contribution in [1.29, 1.82) is 0 Å². The number of pyridine rings is 1. The summed E-state index contributed by atoms with van der Waals surface area (Å²) in [6, 6.07) is 11.1. The van der Waals surface area contributed by atoms with Crippen molar-refractivity contribution < 1.29 is 4.79 Å². The number of rotatable bonds is 5. The zero-order chi connectivity index (χ0) is 15.2. The quantitative estimate of drug-likeness (QED) is 0.878. The molecule has 0 unspecified atom stereocenters. The molecule has 0 aliphatic rings. The number of carbonyl (C=O) groups is 1. The molecule has 0 atom stereocenters. The Morgan fingerprint density at radius 2 is 2.05 bits per heavy atom. The minimum absolute atomic E-state index is 0.219. The van der Waals surface area contributed by atoms with Gasteiger partial charge < -0.3 is 10.6 Å². The number of hydrogen-bond acceptors (Lipinski definition) is 3. The smallest absolute Gasteiger partial charge is 0.275 e. The molecule has 0 saturated carbocycles. The summed E-state index contributed by atoms with van der Waals surface area (Å²) < 4.78 is 0. The SMILES string of the molecule is CCNc1ccc(Cl)c(C(=O)Nc2cccc(CC)c2)n1. The van der Waals surface area contributed by atoms with Gasteiger partial charge in [0.2, 0.25) is 0 Å². The van der Waals surface area contributed by atoms with Crippen LogP contribution in [-0.4, -0.2) is 17.4 Å². The highest BCUT2D eigenvalue weighted by molar-refractivity contribution is 6.34. The summed E-state index contributed by atoms with van der Waals surface area (Å²) in [4.78, 5) is 16.6. The number of carbonyl (C=O) groups excluding carboxylic acids is 1. The van der Waals surface area contributed by atoms with E-state index in [-0.39, 0.29) is 11.6 Å².